The minimum absolute atomic E-state index is 0.0849. The zero-order valence-corrected chi connectivity index (χ0v) is 38.0. The monoisotopic (exact) mass is 817 g/mol. The molecule has 0 aliphatic carbocycles. The molecule has 5 nitrogen and oxygen atoms in total. The number of ether oxygens (including phenoxy) is 2. The minimum Gasteiger partial charge on any atom is -0.462 e. The predicted octanol–water partition coefficient (Wildman–Crippen LogP) is 15.8. The highest BCUT2D eigenvalue weighted by atomic mass is 16.6. The maximum Gasteiger partial charge on any atom is 0.306 e. The number of aliphatic hydroxyl groups excluding tert-OH is 1. The number of hydrogen-bond donors (Lipinski definition) is 1. The van der Waals surface area contributed by atoms with Gasteiger partial charge in [0.25, 0.3) is 0 Å². The normalized spacial score (nSPS) is 13.2. The molecule has 0 aliphatic rings. The molecule has 0 spiro atoms. The Balaban J connectivity index is 3.65. The molecule has 1 atom stereocenters. The Labute approximate surface area is 363 Å². The maximum absolute atomic E-state index is 12.2. The van der Waals surface area contributed by atoms with Crippen LogP contribution >= 0.6 is 0 Å². The lowest BCUT2D eigenvalue weighted by Gasteiger charge is -2.15. The van der Waals surface area contributed by atoms with Crippen LogP contribution in [0.2, 0.25) is 0 Å². The summed E-state index contributed by atoms with van der Waals surface area (Å²) in [5, 5.41) is 9.61. The van der Waals surface area contributed by atoms with Gasteiger partial charge in [0.15, 0.2) is 6.10 Å². The summed E-state index contributed by atoms with van der Waals surface area (Å²) >= 11 is 0. The van der Waals surface area contributed by atoms with Crippen molar-refractivity contribution in [3.63, 3.8) is 0 Å². The number of aliphatic hydroxyl groups is 1. The fraction of sp³-hybridized carbons (Fsp3) is 0.630. The number of esters is 2. The first-order valence-electron chi connectivity index (χ1n) is 23.9. The number of carbonyl (C=O) groups excluding carboxylic acids is 2. The third kappa shape index (κ3) is 47.1. The second-order valence-electron chi connectivity index (χ2n) is 15.4. The van der Waals surface area contributed by atoms with Crippen molar-refractivity contribution in [2.45, 2.75) is 206 Å². The lowest BCUT2D eigenvalue weighted by molar-refractivity contribution is -0.161. The van der Waals surface area contributed by atoms with Crippen LogP contribution in [0.3, 0.4) is 0 Å². The lowest BCUT2D eigenvalue weighted by Crippen LogP contribution is -2.28. The summed E-state index contributed by atoms with van der Waals surface area (Å²) in [6.45, 7) is 3.98. The van der Waals surface area contributed by atoms with Crippen molar-refractivity contribution in [3.8, 4) is 0 Å². The summed E-state index contributed by atoms with van der Waals surface area (Å²) in [5.74, 6) is -0.629. The number of carbonyl (C=O) groups is 2. The Bertz CT molecular complexity index is 1200. The van der Waals surface area contributed by atoms with Crippen LogP contribution in [-0.2, 0) is 19.1 Å². The van der Waals surface area contributed by atoms with E-state index in [1.54, 1.807) is 0 Å². The van der Waals surface area contributed by atoms with Crippen LogP contribution in [0.4, 0.5) is 0 Å². The molecule has 1 unspecified atom stereocenters. The maximum atomic E-state index is 12.2. The van der Waals surface area contributed by atoms with E-state index in [9.17, 15) is 14.7 Å². The fourth-order valence-electron chi connectivity index (χ4n) is 6.21. The molecule has 0 aromatic heterocycles. The van der Waals surface area contributed by atoms with E-state index in [1.807, 2.05) is 0 Å². The van der Waals surface area contributed by atoms with Crippen LogP contribution in [-0.4, -0.2) is 36.4 Å². The van der Waals surface area contributed by atoms with Gasteiger partial charge in [-0.05, 0) is 103 Å². The summed E-state index contributed by atoms with van der Waals surface area (Å²) in [5.41, 5.74) is 0. The summed E-state index contributed by atoms with van der Waals surface area (Å²) in [6.07, 6.45) is 70.2. The molecule has 0 bridgehead atoms. The smallest absolute Gasteiger partial charge is 0.306 e. The van der Waals surface area contributed by atoms with Crippen molar-refractivity contribution >= 4 is 11.9 Å². The first kappa shape index (κ1) is 55.6. The third-order valence-corrected chi connectivity index (χ3v) is 9.80. The van der Waals surface area contributed by atoms with Crippen molar-refractivity contribution in [3.05, 3.63) is 109 Å². The predicted molar refractivity (Wildman–Crippen MR) is 255 cm³/mol. The molecule has 0 saturated heterocycles. The van der Waals surface area contributed by atoms with Crippen molar-refractivity contribution in [2.75, 3.05) is 13.2 Å². The Morgan fingerprint density at radius 1 is 0.407 bits per heavy atom. The van der Waals surface area contributed by atoms with Crippen LogP contribution in [0.15, 0.2) is 109 Å². The van der Waals surface area contributed by atoms with Crippen LogP contribution in [0.1, 0.15) is 200 Å². The molecule has 0 fully saturated rings. The minimum atomic E-state index is -0.794. The van der Waals surface area contributed by atoms with Gasteiger partial charge in [0.05, 0.1) is 6.61 Å². The molecule has 0 saturated carbocycles. The molecule has 59 heavy (non-hydrogen) atoms. The number of unbranched alkanes of at least 4 members (excludes halogenated alkanes) is 16. The largest absolute Gasteiger partial charge is 0.462 e. The first-order chi connectivity index (χ1) is 29.1. The molecular formula is C54H88O5. The van der Waals surface area contributed by atoms with Crippen LogP contribution in [0, 0.1) is 0 Å². The molecule has 5 heteroatoms. The van der Waals surface area contributed by atoms with E-state index < -0.39 is 6.10 Å². The highest BCUT2D eigenvalue weighted by Crippen LogP contribution is 2.12. The van der Waals surface area contributed by atoms with Crippen molar-refractivity contribution < 1.29 is 24.2 Å². The number of rotatable bonds is 42. The van der Waals surface area contributed by atoms with E-state index in [2.05, 4.69) is 123 Å². The highest BCUT2D eigenvalue weighted by molar-refractivity contribution is 5.70. The second-order valence-corrected chi connectivity index (χ2v) is 15.4. The molecule has 0 aliphatic heterocycles. The molecule has 0 aromatic rings. The van der Waals surface area contributed by atoms with Crippen molar-refractivity contribution in [1.82, 2.24) is 0 Å². The topological polar surface area (TPSA) is 72.8 Å². The Hall–Kier alpha value is -3.44. The van der Waals surface area contributed by atoms with Crippen LogP contribution in [0.5, 0.6) is 0 Å². The molecule has 0 amide bonds. The number of hydrogen-bond acceptors (Lipinski definition) is 5. The molecule has 1 N–H and O–H groups in total. The van der Waals surface area contributed by atoms with Crippen LogP contribution < -0.4 is 0 Å². The SMILES string of the molecule is CC/C=C\C/C=C\C/C=C\C/C=C\C/C=C\C/C=C\C/C=C\CCCCCCCC(=O)OC(CO)COC(=O)CCCCCCCCC/C=C\C/C=C\CCCCCC. The third-order valence-electron chi connectivity index (χ3n) is 9.80. The van der Waals surface area contributed by atoms with Crippen molar-refractivity contribution in [2.24, 2.45) is 0 Å². The molecule has 0 heterocycles. The van der Waals surface area contributed by atoms with Gasteiger partial charge in [-0.3, -0.25) is 9.59 Å². The van der Waals surface area contributed by atoms with E-state index in [0.717, 1.165) is 116 Å². The highest BCUT2D eigenvalue weighted by Gasteiger charge is 2.16. The van der Waals surface area contributed by atoms with Gasteiger partial charge in [-0.25, -0.2) is 0 Å². The average Bonchev–Trinajstić information content (AvgIpc) is 3.24. The second kappa shape index (κ2) is 48.9. The van der Waals surface area contributed by atoms with Gasteiger partial charge in [-0.1, -0.05) is 194 Å². The van der Waals surface area contributed by atoms with E-state index in [-0.39, 0.29) is 25.2 Å². The lowest BCUT2D eigenvalue weighted by atomic mass is 10.1. The average molecular weight is 817 g/mol. The fourth-order valence-corrected chi connectivity index (χ4v) is 6.21. The molecule has 334 valence electrons. The van der Waals surface area contributed by atoms with Gasteiger partial charge >= 0.3 is 11.9 Å². The Kier molecular flexibility index (Phi) is 46.1. The van der Waals surface area contributed by atoms with E-state index in [1.165, 1.54) is 57.8 Å². The zero-order valence-electron chi connectivity index (χ0n) is 38.0. The van der Waals surface area contributed by atoms with E-state index in [0.29, 0.717) is 12.8 Å². The van der Waals surface area contributed by atoms with Gasteiger partial charge in [-0.2, -0.15) is 0 Å². The number of allylic oxidation sites excluding steroid dienone is 18. The van der Waals surface area contributed by atoms with E-state index >= 15 is 0 Å². The van der Waals surface area contributed by atoms with Crippen LogP contribution in [0.25, 0.3) is 0 Å². The molecule has 0 radical (unpaired) electrons. The quantitative estimate of drug-likeness (QED) is 0.0377. The molecule has 0 aromatic carbocycles. The summed E-state index contributed by atoms with van der Waals surface area (Å²) in [7, 11) is 0. The molecular weight excluding hydrogens is 729 g/mol. The van der Waals surface area contributed by atoms with Gasteiger partial charge in [0.2, 0.25) is 0 Å². The van der Waals surface area contributed by atoms with Crippen molar-refractivity contribution in [1.29, 1.82) is 0 Å². The van der Waals surface area contributed by atoms with E-state index in [4.69, 9.17) is 9.47 Å². The first-order valence-corrected chi connectivity index (χ1v) is 23.9. The summed E-state index contributed by atoms with van der Waals surface area (Å²) in [6, 6.07) is 0. The van der Waals surface area contributed by atoms with Gasteiger partial charge in [0.1, 0.15) is 6.61 Å². The Morgan fingerprint density at radius 3 is 1.10 bits per heavy atom. The van der Waals surface area contributed by atoms with Gasteiger partial charge in [0, 0.05) is 12.8 Å². The molecule has 0 rings (SSSR count). The van der Waals surface area contributed by atoms with Gasteiger partial charge in [-0.15, -0.1) is 0 Å². The zero-order chi connectivity index (χ0) is 42.8. The summed E-state index contributed by atoms with van der Waals surface area (Å²) in [4.78, 5) is 24.4. The van der Waals surface area contributed by atoms with Gasteiger partial charge < -0.3 is 14.6 Å². The Morgan fingerprint density at radius 2 is 0.729 bits per heavy atom. The summed E-state index contributed by atoms with van der Waals surface area (Å²) < 4.78 is 10.6. The standard InChI is InChI=1S/C54H88O5/c1-3-5-7-9-11-13-15-17-19-21-23-24-25-26-27-28-29-30-31-33-35-37-39-41-43-45-47-49-54(57)59-52(50-55)51-58-53(56)48-46-44-42-40-38-36-34-32-22-20-18-16-14-12-10-8-6-4-2/h5,7,11,13-14,16-17,19-20,22-24,26-27,29-30,33,35,52,55H,3-4,6,8-10,12,15,18,21,25,28,31-32,34,36-51H2,1-2H3/b7-5-,13-11-,16-14-,19-17-,22-20-,24-23-,27-26-,30-29-,35-33-.